The Hall–Kier alpha value is -3.52. The number of carbonyl (C=O) groups is 3. The predicted molar refractivity (Wildman–Crippen MR) is 107 cm³/mol. The highest BCUT2D eigenvalue weighted by Crippen LogP contribution is 2.21. The summed E-state index contributed by atoms with van der Waals surface area (Å²) in [5, 5.41) is 5.82. The topological polar surface area (TPSA) is 114 Å². The van der Waals surface area contributed by atoms with Crippen LogP contribution in [-0.4, -0.2) is 22.7 Å². The molecule has 0 radical (unpaired) electrons. The fourth-order valence-electron chi connectivity index (χ4n) is 2.57. The first kappa shape index (κ1) is 19.2. The molecule has 0 spiro atoms. The summed E-state index contributed by atoms with van der Waals surface area (Å²) in [6, 6.07) is 17.5. The van der Waals surface area contributed by atoms with E-state index in [1.165, 1.54) is 6.20 Å². The molecule has 0 aliphatic rings. The number of nitrogens with one attached hydrogen (secondary N) is 2. The lowest BCUT2D eigenvalue weighted by atomic mass is 10.0. The van der Waals surface area contributed by atoms with Gasteiger partial charge in [-0.2, -0.15) is 0 Å². The zero-order chi connectivity index (χ0) is 19.9. The normalized spacial score (nSPS) is 11.4. The van der Waals surface area contributed by atoms with Crippen LogP contribution in [0.5, 0.6) is 0 Å². The van der Waals surface area contributed by atoms with Crippen LogP contribution in [0.2, 0.25) is 0 Å². The van der Waals surface area contributed by atoms with E-state index in [0.717, 1.165) is 16.9 Å². The summed E-state index contributed by atoms with van der Waals surface area (Å²) in [4.78, 5) is 40.4. The molecule has 3 amide bonds. The lowest BCUT2D eigenvalue weighted by Crippen LogP contribution is -2.31. The second-order valence-electron chi connectivity index (χ2n) is 5.95. The van der Waals surface area contributed by atoms with Crippen molar-refractivity contribution in [1.29, 1.82) is 0 Å². The van der Waals surface area contributed by atoms with Crippen molar-refractivity contribution in [2.75, 3.05) is 5.32 Å². The van der Waals surface area contributed by atoms with Gasteiger partial charge in [-0.15, -0.1) is 0 Å². The van der Waals surface area contributed by atoms with Crippen molar-refractivity contribution in [2.24, 2.45) is 5.73 Å². The number of hydrogen-bond acceptors (Lipinski definition) is 5. The fourth-order valence-corrected chi connectivity index (χ4v) is 3.25. The summed E-state index contributed by atoms with van der Waals surface area (Å²) in [6.07, 6.45) is 1.32. The Bertz CT molecular complexity index is 973. The van der Waals surface area contributed by atoms with Crippen molar-refractivity contribution in [3.63, 3.8) is 0 Å². The zero-order valence-corrected chi connectivity index (χ0v) is 15.6. The number of thiazole rings is 1. The number of amides is 3. The monoisotopic (exact) mass is 394 g/mol. The van der Waals surface area contributed by atoms with Crippen molar-refractivity contribution in [3.05, 3.63) is 82.9 Å². The van der Waals surface area contributed by atoms with E-state index in [4.69, 9.17) is 5.73 Å². The van der Waals surface area contributed by atoms with Gasteiger partial charge in [-0.25, -0.2) is 4.98 Å². The van der Waals surface area contributed by atoms with E-state index in [-0.39, 0.29) is 28.2 Å². The molecular formula is C20H18N4O3S. The number of hydrogen-bond donors (Lipinski definition) is 3. The van der Waals surface area contributed by atoms with E-state index in [2.05, 4.69) is 15.6 Å². The Morgan fingerprint density at radius 1 is 1.00 bits per heavy atom. The molecule has 1 unspecified atom stereocenters. The van der Waals surface area contributed by atoms with Gasteiger partial charge in [0.2, 0.25) is 5.91 Å². The molecule has 7 nitrogen and oxygen atoms in total. The van der Waals surface area contributed by atoms with Gasteiger partial charge in [0, 0.05) is 5.56 Å². The van der Waals surface area contributed by atoms with Gasteiger partial charge in [0.25, 0.3) is 11.8 Å². The van der Waals surface area contributed by atoms with Gasteiger partial charge in [-0.3, -0.25) is 14.4 Å². The first-order valence-electron chi connectivity index (χ1n) is 8.49. The quantitative estimate of drug-likeness (QED) is 0.572. The third-order valence-electron chi connectivity index (χ3n) is 3.93. The van der Waals surface area contributed by atoms with Gasteiger partial charge in [-0.05, 0) is 17.7 Å². The maximum Gasteiger partial charge on any atom is 0.260 e. The highest BCUT2D eigenvalue weighted by molar-refractivity contribution is 7.17. The van der Waals surface area contributed by atoms with Crippen molar-refractivity contribution in [1.82, 2.24) is 10.3 Å². The van der Waals surface area contributed by atoms with Crippen molar-refractivity contribution < 1.29 is 14.4 Å². The van der Waals surface area contributed by atoms with Gasteiger partial charge in [0.1, 0.15) is 4.88 Å². The Labute approximate surface area is 165 Å². The molecule has 0 saturated carbocycles. The summed E-state index contributed by atoms with van der Waals surface area (Å²) in [5.41, 5.74) is 6.51. The highest BCUT2D eigenvalue weighted by Gasteiger charge is 2.20. The molecule has 2 aromatic carbocycles. The minimum Gasteiger partial charge on any atom is -0.365 e. The minimum atomic E-state index is -0.602. The molecule has 1 heterocycles. The van der Waals surface area contributed by atoms with Crippen LogP contribution in [0, 0.1) is 0 Å². The Kier molecular flexibility index (Phi) is 6.13. The first-order chi connectivity index (χ1) is 13.5. The molecule has 0 aliphatic carbocycles. The summed E-state index contributed by atoms with van der Waals surface area (Å²) in [7, 11) is 0. The molecule has 3 rings (SSSR count). The van der Waals surface area contributed by atoms with Crippen LogP contribution in [0.4, 0.5) is 5.13 Å². The van der Waals surface area contributed by atoms with Gasteiger partial charge in [0.15, 0.2) is 5.13 Å². The van der Waals surface area contributed by atoms with Crippen LogP contribution in [0.15, 0.2) is 66.9 Å². The number of aromatic nitrogens is 1. The fraction of sp³-hybridized carbons (Fsp3) is 0.100. The van der Waals surface area contributed by atoms with Crippen molar-refractivity contribution in [2.45, 2.75) is 12.5 Å². The van der Waals surface area contributed by atoms with Crippen LogP contribution in [-0.2, 0) is 4.79 Å². The molecule has 142 valence electrons. The third-order valence-corrected chi connectivity index (χ3v) is 4.85. The summed E-state index contributed by atoms with van der Waals surface area (Å²) < 4.78 is 0. The molecule has 0 saturated heterocycles. The molecule has 0 fully saturated rings. The van der Waals surface area contributed by atoms with Crippen LogP contribution in [0.3, 0.4) is 0 Å². The molecule has 0 bridgehead atoms. The molecule has 0 aliphatic heterocycles. The average molecular weight is 394 g/mol. The number of nitrogens with two attached hydrogens (primary N) is 1. The Balaban J connectivity index is 1.72. The SMILES string of the molecule is NC(=O)c1cnc(NC(=O)CC(NC(=O)c2ccccc2)c2ccccc2)s1. The van der Waals surface area contributed by atoms with E-state index < -0.39 is 11.9 Å². The van der Waals surface area contributed by atoms with Crippen LogP contribution >= 0.6 is 11.3 Å². The first-order valence-corrected chi connectivity index (χ1v) is 9.31. The van der Waals surface area contributed by atoms with Crippen LogP contribution in [0.1, 0.15) is 38.1 Å². The van der Waals surface area contributed by atoms with Gasteiger partial charge < -0.3 is 16.4 Å². The van der Waals surface area contributed by atoms with E-state index in [9.17, 15) is 14.4 Å². The van der Waals surface area contributed by atoms with E-state index >= 15 is 0 Å². The number of primary amides is 1. The number of rotatable bonds is 7. The van der Waals surface area contributed by atoms with E-state index in [1.807, 2.05) is 36.4 Å². The standard InChI is InChI=1S/C20H18N4O3S/c21-18(26)16-12-22-20(28-16)24-17(25)11-15(13-7-3-1-4-8-13)23-19(27)14-9-5-2-6-10-14/h1-10,12,15H,11H2,(H2,21,26)(H,23,27)(H,22,24,25). The van der Waals surface area contributed by atoms with E-state index in [0.29, 0.717) is 5.56 Å². The zero-order valence-electron chi connectivity index (χ0n) is 14.8. The largest absolute Gasteiger partial charge is 0.365 e. The second-order valence-corrected chi connectivity index (χ2v) is 6.98. The van der Waals surface area contributed by atoms with Crippen LogP contribution in [0.25, 0.3) is 0 Å². The third kappa shape index (κ3) is 5.01. The lowest BCUT2D eigenvalue weighted by Gasteiger charge is -2.19. The molecule has 1 aromatic heterocycles. The van der Waals surface area contributed by atoms with Gasteiger partial charge >= 0.3 is 0 Å². The average Bonchev–Trinajstić information content (AvgIpc) is 3.17. The summed E-state index contributed by atoms with van der Waals surface area (Å²) in [6.45, 7) is 0. The number of nitrogens with zero attached hydrogens (tertiary/aromatic N) is 1. The highest BCUT2D eigenvalue weighted by atomic mass is 32.1. The van der Waals surface area contributed by atoms with Gasteiger partial charge in [0.05, 0.1) is 18.7 Å². The molecule has 8 heteroatoms. The molecule has 28 heavy (non-hydrogen) atoms. The second kappa shape index (κ2) is 8.92. The number of anilines is 1. The van der Waals surface area contributed by atoms with E-state index in [1.54, 1.807) is 24.3 Å². The maximum atomic E-state index is 12.5. The predicted octanol–water partition coefficient (Wildman–Crippen LogP) is 2.74. The lowest BCUT2D eigenvalue weighted by molar-refractivity contribution is -0.116. The smallest absolute Gasteiger partial charge is 0.260 e. The minimum absolute atomic E-state index is 0.00801. The van der Waals surface area contributed by atoms with Crippen LogP contribution < -0.4 is 16.4 Å². The molecular weight excluding hydrogens is 376 g/mol. The maximum absolute atomic E-state index is 12.5. The number of benzene rings is 2. The molecule has 3 aromatic rings. The van der Waals surface area contributed by atoms with Crippen molar-refractivity contribution >= 4 is 34.2 Å². The Morgan fingerprint density at radius 3 is 2.25 bits per heavy atom. The number of carbonyl (C=O) groups excluding carboxylic acids is 3. The van der Waals surface area contributed by atoms with Gasteiger partial charge in [-0.1, -0.05) is 59.9 Å². The molecule has 1 atom stereocenters. The van der Waals surface area contributed by atoms with Crippen molar-refractivity contribution in [3.8, 4) is 0 Å². The Morgan fingerprint density at radius 2 is 1.64 bits per heavy atom. The molecule has 4 N–H and O–H groups in total. The summed E-state index contributed by atoms with van der Waals surface area (Å²) in [5.74, 6) is -1.21. The summed E-state index contributed by atoms with van der Waals surface area (Å²) >= 11 is 0.998.